The molecular formula is C4H11Cl2N5. The molecule has 0 atom stereocenters. The number of aryl methyl sites for hydroxylation is 1. The van der Waals surface area contributed by atoms with Gasteiger partial charge in [0.2, 0.25) is 5.95 Å². The van der Waals surface area contributed by atoms with Crippen LogP contribution in [0.15, 0.2) is 0 Å². The largest absolute Gasteiger partial charge is 0.368 e. The first-order chi connectivity index (χ1) is 4.24. The van der Waals surface area contributed by atoms with Crippen LogP contribution in [0.3, 0.4) is 0 Å². The number of nitrogens with two attached hydrogens (primary N) is 2. The minimum absolute atomic E-state index is 0. The van der Waals surface area contributed by atoms with Crippen molar-refractivity contribution in [2.24, 2.45) is 12.8 Å². The van der Waals surface area contributed by atoms with Crippen molar-refractivity contribution in [3.8, 4) is 0 Å². The van der Waals surface area contributed by atoms with Crippen LogP contribution < -0.4 is 11.5 Å². The molecule has 1 rings (SSSR count). The second-order valence-corrected chi connectivity index (χ2v) is 1.71. The monoisotopic (exact) mass is 199 g/mol. The summed E-state index contributed by atoms with van der Waals surface area (Å²) in [6, 6.07) is 0. The minimum atomic E-state index is 0. The van der Waals surface area contributed by atoms with Crippen LogP contribution in [-0.2, 0) is 13.6 Å². The van der Waals surface area contributed by atoms with E-state index in [1.165, 1.54) is 4.68 Å². The van der Waals surface area contributed by atoms with Gasteiger partial charge in [-0.3, -0.25) is 0 Å². The first kappa shape index (κ1) is 13.1. The lowest BCUT2D eigenvalue weighted by atomic mass is 10.6. The maximum Gasteiger partial charge on any atom is 0.218 e. The third-order valence-electron chi connectivity index (χ3n) is 1.02. The molecule has 1 heterocycles. The molecule has 0 fully saturated rings. The van der Waals surface area contributed by atoms with Crippen molar-refractivity contribution in [1.82, 2.24) is 14.8 Å². The molecule has 0 aliphatic carbocycles. The summed E-state index contributed by atoms with van der Waals surface area (Å²) < 4.78 is 1.49. The standard InChI is InChI=1S/C4H9N5.2ClH/c1-9-4(6)7-3(2-5)8-9;;/h2,5H2,1H3,(H2,6,7,8);2*1H. The molecule has 11 heavy (non-hydrogen) atoms. The van der Waals surface area contributed by atoms with Gasteiger partial charge in [0.15, 0.2) is 5.82 Å². The molecule has 7 heteroatoms. The second kappa shape index (κ2) is 5.17. The van der Waals surface area contributed by atoms with Gasteiger partial charge in [-0.05, 0) is 0 Å². The van der Waals surface area contributed by atoms with E-state index in [9.17, 15) is 0 Å². The Morgan fingerprint density at radius 3 is 2.18 bits per heavy atom. The zero-order valence-corrected chi connectivity index (χ0v) is 7.65. The van der Waals surface area contributed by atoms with Crippen LogP contribution in [0.25, 0.3) is 0 Å². The molecule has 5 nitrogen and oxygen atoms in total. The van der Waals surface area contributed by atoms with E-state index in [1.807, 2.05) is 0 Å². The lowest BCUT2D eigenvalue weighted by molar-refractivity contribution is 0.751. The van der Waals surface area contributed by atoms with Crippen LogP contribution in [0.5, 0.6) is 0 Å². The van der Waals surface area contributed by atoms with Gasteiger partial charge in [0.05, 0.1) is 6.54 Å². The Hall–Kier alpha value is -0.520. The maximum absolute atomic E-state index is 5.35. The fourth-order valence-electron chi connectivity index (χ4n) is 0.538. The lowest BCUT2D eigenvalue weighted by Gasteiger charge is -1.85. The molecule has 0 aromatic carbocycles. The van der Waals surface area contributed by atoms with Gasteiger partial charge in [0, 0.05) is 7.05 Å². The topological polar surface area (TPSA) is 82.8 Å². The summed E-state index contributed by atoms with van der Waals surface area (Å²) in [5.74, 6) is 0.977. The normalized spacial score (nSPS) is 8.18. The van der Waals surface area contributed by atoms with Crippen molar-refractivity contribution in [3.63, 3.8) is 0 Å². The first-order valence-electron chi connectivity index (χ1n) is 2.59. The molecule has 0 bridgehead atoms. The average molecular weight is 200 g/mol. The highest BCUT2D eigenvalue weighted by Gasteiger charge is 1.98. The summed E-state index contributed by atoms with van der Waals surface area (Å²) in [4.78, 5) is 3.83. The van der Waals surface area contributed by atoms with E-state index in [-0.39, 0.29) is 24.8 Å². The fourth-order valence-corrected chi connectivity index (χ4v) is 0.538. The molecule has 1 aromatic rings. The molecule has 0 amide bonds. The highest BCUT2D eigenvalue weighted by atomic mass is 35.5. The first-order valence-corrected chi connectivity index (χ1v) is 2.59. The Morgan fingerprint density at radius 1 is 1.45 bits per heavy atom. The predicted octanol–water partition coefficient (Wildman–Crippen LogP) is -0.300. The number of hydrogen-bond donors (Lipinski definition) is 2. The summed E-state index contributed by atoms with van der Waals surface area (Å²) in [6.07, 6.45) is 0. The molecule has 0 aliphatic rings. The van der Waals surface area contributed by atoms with E-state index in [4.69, 9.17) is 11.5 Å². The number of aromatic nitrogens is 3. The Kier molecular flexibility index (Phi) is 6.16. The van der Waals surface area contributed by atoms with Gasteiger partial charge in [0.25, 0.3) is 0 Å². The molecule has 66 valence electrons. The zero-order chi connectivity index (χ0) is 6.85. The van der Waals surface area contributed by atoms with E-state index in [1.54, 1.807) is 7.05 Å². The smallest absolute Gasteiger partial charge is 0.218 e. The van der Waals surface area contributed by atoms with Gasteiger partial charge in [-0.15, -0.1) is 24.8 Å². The van der Waals surface area contributed by atoms with Crippen LogP contribution >= 0.6 is 24.8 Å². The van der Waals surface area contributed by atoms with Crippen molar-refractivity contribution in [3.05, 3.63) is 5.82 Å². The molecule has 4 N–H and O–H groups in total. The fraction of sp³-hybridized carbons (Fsp3) is 0.500. The summed E-state index contributed by atoms with van der Waals surface area (Å²) >= 11 is 0. The van der Waals surface area contributed by atoms with Crippen molar-refractivity contribution < 1.29 is 0 Å². The summed E-state index contributed by atoms with van der Waals surface area (Å²) in [5, 5.41) is 3.88. The molecule has 0 saturated heterocycles. The molecule has 0 unspecified atom stereocenters. The minimum Gasteiger partial charge on any atom is -0.368 e. The van der Waals surface area contributed by atoms with Crippen LogP contribution in [0.1, 0.15) is 5.82 Å². The predicted molar refractivity (Wildman–Crippen MR) is 47.8 cm³/mol. The van der Waals surface area contributed by atoms with Gasteiger partial charge in [0.1, 0.15) is 0 Å². The SMILES string of the molecule is Cl.Cl.Cn1nc(CN)nc1N. The third kappa shape index (κ3) is 2.92. The van der Waals surface area contributed by atoms with E-state index < -0.39 is 0 Å². The molecular weight excluding hydrogens is 189 g/mol. The third-order valence-corrected chi connectivity index (χ3v) is 1.02. The average Bonchev–Trinajstić information content (AvgIpc) is 2.13. The molecule has 0 saturated carbocycles. The number of anilines is 1. The summed E-state index contributed by atoms with van der Waals surface area (Å²) in [7, 11) is 1.72. The van der Waals surface area contributed by atoms with E-state index in [0.717, 1.165) is 0 Å². The van der Waals surface area contributed by atoms with E-state index in [0.29, 0.717) is 18.3 Å². The van der Waals surface area contributed by atoms with Crippen molar-refractivity contribution in [1.29, 1.82) is 0 Å². The van der Waals surface area contributed by atoms with Gasteiger partial charge >= 0.3 is 0 Å². The Labute approximate surface area is 77.0 Å². The second-order valence-electron chi connectivity index (χ2n) is 1.71. The Morgan fingerprint density at radius 2 is 2.00 bits per heavy atom. The van der Waals surface area contributed by atoms with Crippen LogP contribution in [0.2, 0.25) is 0 Å². The lowest BCUT2D eigenvalue weighted by Crippen LogP contribution is -1.99. The highest BCUT2D eigenvalue weighted by Crippen LogP contribution is 1.94. The van der Waals surface area contributed by atoms with E-state index >= 15 is 0 Å². The Balaban J connectivity index is 0. The van der Waals surface area contributed by atoms with Crippen molar-refractivity contribution in [2.75, 3.05) is 5.73 Å². The van der Waals surface area contributed by atoms with Crippen LogP contribution in [0.4, 0.5) is 5.95 Å². The van der Waals surface area contributed by atoms with Crippen LogP contribution in [0, 0.1) is 0 Å². The number of nitrogen functional groups attached to an aromatic ring is 1. The molecule has 0 spiro atoms. The quantitative estimate of drug-likeness (QED) is 0.651. The molecule has 1 aromatic heterocycles. The Bertz CT molecular complexity index is 191. The number of hydrogen-bond acceptors (Lipinski definition) is 4. The molecule has 0 aliphatic heterocycles. The van der Waals surface area contributed by atoms with Gasteiger partial charge < -0.3 is 11.5 Å². The number of rotatable bonds is 1. The molecule has 0 radical (unpaired) electrons. The highest BCUT2D eigenvalue weighted by molar-refractivity contribution is 5.85. The van der Waals surface area contributed by atoms with E-state index in [2.05, 4.69) is 10.1 Å². The van der Waals surface area contributed by atoms with Gasteiger partial charge in [-0.2, -0.15) is 10.1 Å². The summed E-state index contributed by atoms with van der Waals surface area (Å²) in [6.45, 7) is 0.338. The van der Waals surface area contributed by atoms with Crippen LogP contribution in [-0.4, -0.2) is 14.8 Å². The van der Waals surface area contributed by atoms with Gasteiger partial charge in [-0.1, -0.05) is 0 Å². The van der Waals surface area contributed by atoms with Crippen molar-refractivity contribution in [2.45, 2.75) is 6.54 Å². The maximum atomic E-state index is 5.35. The summed E-state index contributed by atoms with van der Waals surface area (Å²) in [5.41, 5.74) is 10.6. The number of halogens is 2. The zero-order valence-electron chi connectivity index (χ0n) is 6.02. The van der Waals surface area contributed by atoms with Crippen molar-refractivity contribution >= 4 is 30.8 Å². The van der Waals surface area contributed by atoms with Gasteiger partial charge in [-0.25, -0.2) is 4.68 Å². The number of nitrogens with zero attached hydrogens (tertiary/aromatic N) is 3.